The smallest absolute Gasteiger partial charge is 0.426 e. The molecule has 9 heteroatoms. The van der Waals surface area contributed by atoms with E-state index < -0.39 is 37.0 Å². The Morgan fingerprint density at radius 3 is 1.86 bits per heavy atom. The van der Waals surface area contributed by atoms with Gasteiger partial charge in [-0.25, -0.2) is 0 Å². The summed E-state index contributed by atoms with van der Waals surface area (Å²) in [6.07, 6.45) is -14.3. The molecular weight excluding hydrogens is 306 g/mol. The van der Waals surface area contributed by atoms with Crippen LogP contribution in [0.3, 0.4) is 0 Å². The number of hydrogen-bond acceptors (Lipinski definition) is 3. The van der Waals surface area contributed by atoms with E-state index in [9.17, 15) is 36.2 Å². The van der Waals surface area contributed by atoms with Gasteiger partial charge in [-0.05, 0) is 5.56 Å². The van der Waals surface area contributed by atoms with Crippen LogP contribution in [0.25, 0.3) is 0 Å². The molecule has 1 aromatic rings. The minimum Gasteiger partial charge on any atom is -0.550 e. The second kappa shape index (κ2) is 5.92. The van der Waals surface area contributed by atoms with Crippen LogP contribution in [-0.4, -0.2) is 23.9 Å². The van der Waals surface area contributed by atoms with Crippen molar-refractivity contribution in [3.05, 3.63) is 35.9 Å². The summed E-state index contributed by atoms with van der Waals surface area (Å²) in [5.41, 5.74) is -4.77. The number of rotatable bonds is 5. The molecular formula is C12H9F6O3-. The van der Waals surface area contributed by atoms with Gasteiger partial charge in [-0.1, -0.05) is 30.3 Å². The fourth-order valence-electron chi connectivity index (χ4n) is 1.56. The monoisotopic (exact) mass is 315 g/mol. The average Bonchev–Trinajstić information content (AvgIpc) is 2.32. The highest BCUT2D eigenvalue weighted by molar-refractivity contribution is 5.66. The molecule has 0 aromatic heterocycles. The van der Waals surface area contributed by atoms with Crippen LogP contribution < -0.4 is 5.11 Å². The number of alkyl halides is 6. The van der Waals surface area contributed by atoms with E-state index in [1.165, 1.54) is 30.3 Å². The van der Waals surface area contributed by atoms with E-state index in [4.69, 9.17) is 0 Å². The maximum Gasteiger partial charge on any atom is 0.426 e. The Hall–Kier alpha value is -1.77. The zero-order valence-corrected chi connectivity index (χ0v) is 10.3. The first kappa shape index (κ1) is 17.3. The summed E-state index contributed by atoms with van der Waals surface area (Å²) >= 11 is 0. The van der Waals surface area contributed by atoms with E-state index in [0.29, 0.717) is 0 Å². The number of halogens is 6. The third-order valence-corrected chi connectivity index (χ3v) is 2.64. The maximum atomic E-state index is 12.8. The SMILES string of the molecule is O=C([O-])CC(OCc1ccccc1)(C(F)(F)F)C(F)(F)F. The lowest BCUT2D eigenvalue weighted by Crippen LogP contribution is -2.61. The second-order valence-corrected chi connectivity index (χ2v) is 4.15. The van der Waals surface area contributed by atoms with Crippen molar-refractivity contribution in [3.8, 4) is 0 Å². The van der Waals surface area contributed by atoms with E-state index in [2.05, 4.69) is 4.74 Å². The van der Waals surface area contributed by atoms with Gasteiger partial charge in [0, 0.05) is 12.4 Å². The van der Waals surface area contributed by atoms with Gasteiger partial charge in [0.25, 0.3) is 5.60 Å². The summed E-state index contributed by atoms with van der Waals surface area (Å²) in [5, 5.41) is 10.3. The lowest BCUT2D eigenvalue weighted by Gasteiger charge is -2.37. The van der Waals surface area contributed by atoms with Crippen molar-refractivity contribution >= 4 is 5.97 Å². The molecule has 0 radical (unpaired) electrons. The molecule has 0 bridgehead atoms. The molecule has 0 aliphatic rings. The third-order valence-electron chi connectivity index (χ3n) is 2.64. The number of benzene rings is 1. The quantitative estimate of drug-likeness (QED) is 0.783. The van der Waals surface area contributed by atoms with Crippen LogP contribution in [0, 0.1) is 0 Å². The van der Waals surface area contributed by atoms with E-state index in [-0.39, 0.29) is 5.56 Å². The van der Waals surface area contributed by atoms with Crippen LogP contribution >= 0.6 is 0 Å². The summed E-state index contributed by atoms with van der Waals surface area (Å²) < 4.78 is 80.8. The standard InChI is InChI=1S/C12H10F6O3/c13-11(14,15)10(6-9(19)20,12(16,17)18)21-7-8-4-2-1-3-5-8/h1-5H,6-7H2,(H,19,20)/p-1. The first-order chi connectivity index (χ1) is 9.49. The predicted molar refractivity (Wildman–Crippen MR) is 55.7 cm³/mol. The van der Waals surface area contributed by atoms with Crippen molar-refractivity contribution in [1.82, 2.24) is 0 Å². The van der Waals surface area contributed by atoms with Gasteiger partial charge in [0.05, 0.1) is 6.61 Å². The van der Waals surface area contributed by atoms with Gasteiger partial charge in [0.15, 0.2) is 0 Å². The van der Waals surface area contributed by atoms with Crippen molar-refractivity contribution in [2.75, 3.05) is 0 Å². The van der Waals surface area contributed by atoms with Gasteiger partial charge in [0.1, 0.15) is 0 Å². The largest absolute Gasteiger partial charge is 0.550 e. The minimum absolute atomic E-state index is 0.0359. The predicted octanol–water partition coefficient (Wildman–Crippen LogP) is 2.21. The molecule has 0 unspecified atom stereocenters. The molecule has 3 nitrogen and oxygen atoms in total. The number of hydrogen-bond donors (Lipinski definition) is 0. The van der Waals surface area contributed by atoms with Crippen molar-refractivity contribution < 1.29 is 41.0 Å². The number of carbonyl (C=O) groups is 1. The number of ether oxygens (including phenoxy) is 1. The molecule has 0 spiro atoms. The Bertz CT molecular complexity index is 466. The summed E-state index contributed by atoms with van der Waals surface area (Å²) in [4.78, 5) is 10.3. The van der Waals surface area contributed by atoms with Gasteiger partial charge >= 0.3 is 12.4 Å². The number of carboxylic acids is 1. The van der Waals surface area contributed by atoms with Crippen LogP contribution in [0.5, 0.6) is 0 Å². The molecule has 1 aromatic carbocycles. The number of aliphatic carboxylic acids is 1. The molecule has 0 saturated carbocycles. The third kappa shape index (κ3) is 3.87. The zero-order valence-electron chi connectivity index (χ0n) is 10.3. The Balaban J connectivity index is 3.14. The molecule has 0 amide bonds. The fraction of sp³-hybridized carbons (Fsp3) is 0.417. The lowest BCUT2D eigenvalue weighted by molar-refractivity contribution is -0.393. The fourth-order valence-corrected chi connectivity index (χ4v) is 1.56. The van der Waals surface area contributed by atoms with Gasteiger partial charge in [-0.2, -0.15) is 26.3 Å². The van der Waals surface area contributed by atoms with Crippen LogP contribution in [0.15, 0.2) is 30.3 Å². The number of carbonyl (C=O) groups excluding carboxylic acids is 1. The summed E-state index contributed by atoms with van der Waals surface area (Å²) in [6.45, 7) is -1.05. The van der Waals surface area contributed by atoms with Gasteiger partial charge < -0.3 is 14.6 Å². The van der Waals surface area contributed by atoms with Crippen molar-refractivity contribution in [2.24, 2.45) is 0 Å². The summed E-state index contributed by atoms with van der Waals surface area (Å²) in [5.74, 6) is -2.52. The minimum atomic E-state index is -5.96. The van der Waals surface area contributed by atoms with Crippen LogP contribution in [0.4, 0.5) is 26.3 Å². The van der Waals surface area contributed by atoms with Crippen molar-refractivity contribution in [3.63, 3.8) is 0 Å². The molecule has 0 atom stereocenters. The Morgan fingerprint density at radius 1 is 1.00 bits per heavy atom. The van der Waals surface area contributed by atoms with Crippen molar-refractivity contribution in [1.29, 1.82) is 0 Å². The second-order valence-electron chi connectivity index (χ2n) is 4.15. The van der Waals surface area contributed by atoms with E-state index >= 15 is 0 Å². The van der Waals surface area contributed by atoms with Crippen LogP contribution in [0.2, 0.25) is 0 Å². The molecule has 0 heterocycles. The summed E-state index contributed by atoms with van der Waals surface area (Å²) in [6, 6.07) is 6.78. The molecule has 0 N–H and O–H groups in total. The highest BCUT2D eigenvalue weighted by atomic mass is 19.4. The first-order valence-corrected chi connectivity index (χ1v) is 5.51. The Labute approximate surface area is 115 Å². The summed E-state index contributed by atoms with van der Waals surface area (Å²) in [7, 11) is 0. The van der Waals surface area contributed by atoms with E-state index in [1.54, 1.807) is 0 Å². The topological polar surface area (TPSA) is 49.4 Å². The molecule has 1 rings (SSSR count). The number of carboxylic acid groups (broad SMARTS) is 1. The van der Waals surface area contributed by atoms with Crippen LogP contribution in [-0.2, 0) is 16.1 Å². The highest BCUT2D eigenvalue weighted by Gasteiger charge is 2.72. The lowest BCUT2D eigenvalue weighted by atomic mass is 9.97. The van der Waals surface area contributed by atoms with Crippen molar-refractivity contribution in [2.45, 2.75) is 31.0 Å². The van der Waals surface area contributed by atoms with E-state index in [1.807, 2.05) is 0 Å². The maximum absolute atomic E-state index is 12.8. The highest BCUT2D eigenvalue weighted by Crippen LogP contribution is 2.48. The van der Waals surface area contributed by atoms with Gasteiger partial charge in [-0.15, -0.1) is 0 Å². The van der Waals surface area contributed by atoms with E-state index in [0.717, 1.165) is 0 Å². The Morgan fingerprint density at radius 2 is 1.48 bits per heavy atom. The molecule has 0 aliphatic heterocycles. The Kier molecular flexibility index (Phi) is 4.87. The van der Waals surface area contributed by atoms with Gasteiger partial charge in [-0.3, -0.25) is 0 Å². The molecule has 21 heavy (non-hydrogen) atoms. The van der Waals surface area contributed by atoms with Crippen LogP contribution in [0.1, 0.15) is 12.0 Å². The first-order valence-electron chi connectivity index (χ1n) is 5.51. The zero-order chi connectivity index (χ0) is 16.3. The molecule has 0 aliphatic carbocycles. The molecule has 0 fully saturated rings. The molecule has 0 saturated heterocycles. The molecule has 118 valence electrons. The average molecular weight is 315 g/mol. The van der Waals surface area contributed by atoms with Gasteiger partial charge in [0.2, 0.25) is 0 Å². The normalized spacial score (nSPS) is 13.2.